The average Bonchev–Trinajstić information content (AvgIpc) is 2.67. The van der Waals surface area contributed by atoms with E-state index in [0.29, 0.717) is 12.1 Å². The smallest absolute Gasteiger partial charge is 0.251 e. The lowest BCUT2D eigenvalue weighted by atomic mass is 10.0. The average molecular weight is 402 g/mol. The van der Waals surface area contributed by atoms with E-state index < -0.39 is 9.84 Å². The summed E-state index contributed by atoms with van der Waals surface area (Å²) in [6.07, 6.45) is 5.04. The molecule has 0 saturated carbocycles. The van der Waals surface area contributed by atoms with Gasteiger partial charge >= 0.3 is 0 Å². The first kappa shape index (κ1) is 20.6. The minimum atomic E-state index is -3.35. The summed E-state index contributed by atoms with van der Waals surface area (Å²) in [5.74, 6) is -0.247. The number of sulfone groups is 1. The Balaban J connectivity index is 1.71. The lowest BCUT2D eigenvalue weighted by Gasteiger charge is -2.24. The maximum atomic E-state index is 12.7. The molecule has 1 amide bonds. The van der Waals surface area contributed by atoms with E-state index in [-0.39, 0.29) is 10.8 Å². The van der Waals surface area contributed by atoms with Crippen molar-refractivity contribution in [3.05, 3.63) is 64.7 Å². The number of hydrogen-bond donors (Lipinski definition) is 2. The molecule has 1 aliphatic rings. The molecule has 0 spiro atoms. The zero-order chi connectivity index (χ0) is 20.1. The van der Waals surface area contributed by atoms with Crippen molar-refractivity contribution in [2.75, 3.05) is 19.3 Å². The number of aryl methyl sites for hydroxylation is 1. The fourth-order valence-corrected chi connectivity index (χ4v) is 4.39. The zero-order valence-electron chi connectivity index (χ0n) is 16.6. The van der Waals surface area contributed by atoms with E-state index in [4.69, 9.17) is 0 Å². The second-order valence-electron chi connectivity index (χ2n) is 7.69. The van der Waals surface area contributed by atoms with Gasteiger partial charge in [-0.3, -0.25) is 4.79 Å². The summed E-state index contributed by atoms with van der Waals surface area (Å²) in [4.78, 5) is 14.5. The van der Waals surface area contributed by atoms with Gasteiger partial charge in [-0.25, -0.2) is 8.42 Å². The van der Waals surface area contributed by atoms with Crippen LogP contribution in [0, 0.1) is 6.92 Å². The standard InChI is InChI=1S/C22H28N2O3S/c1-17-10-11-20(28(2,26)27)14-21(17)22(25)23-15-18-8-4-5-9-19(18)16-24-12-6-3-7-13-24/h4-5,8-11,14H,3,6-7,12-13,15-16H2,1-2H3,(H,23,25)/p+1. The van der Waals surface area contributed by atoms with Gasteiger partial charge in [0.1, 0.15) is 6.54 Å². The normalized spacial score (nSPS) is 15.4. The number of likely N-dealkylation sites (tertiary alicyclic amines) is 1. The van der Waals surface area contributed by atoms with Crippen molar-refractivity contribution in [3.63, 3.8) is 0 Å². The molecule has 5 nitrogen and oxygen atoms in total. The molecule has 0 radical (unpaired) electrons. The van der Waals surface area contributed by atoms with Crippen molar-refractivity contribution in [1.29, 1.82) is 0 Å². The number of rotatable bonds is 6. The van der Waals surface area contributed by atoms with Crippen molar-refractivity contribution in [1.82, 2.24) is 5.32 Å². The van der Waals surface area contributed by atoms with Gasteiger partial charge in [0.2, 0.25) is 0 Å². The topological polar surface area (TPSA) is 67.7 Å². The van der Waals surface area contributed by atoms with Crippen LogP contribution in [0.25, 0.3) is 0 Å². The number of quaternary nitrogens is 1. The molecule has 1 heterocycles. The molecule has 0 unspecified atom stereocenters. The Bertz CT molecular complexity index is 948. The molecule has 0 bridgehead atoms. The minimum absolute atomic E-state index is 0.164. The molecule has 0 aromatic heterocycles. The first-order valence-corrected chi connectivity index (χ1v) is 11.7. The van der Waals surface area contributed by atoms with Crippen LogP contribution in [-0.2, 0) is 22.9 Å². The summed E-state index contributed by atoms with van der Waals surface area (Å²) >= 11 is 0. The van der Waals surface area contributed by atoms with Gasteiger partial charge in [0, 0.05) is 23.9 Å². The number of carbonyl (C=O) groups excluding carboxylic acids is 1. The number of benzene rings is 2. The van der Waals surface area contributed by atoms with Gasteiger partial charge in [0.15, 0.2) is 9.84 Å². The summed E-state index contributed by atoms with van der Waals surface area (Å²) in [5.41, 5.74) is 3.55. The molecule has 1 aliphatic heterocycles. The first-order chi connectivity index (χ1) is 13.3. The summed E-state index contributed by atoms with van der Waals surface area (Å²) in [6.45, 7) is 5.64. The van der Waals surface area contributed by atoms with E-state index in [1.807, 2.05) is 19.1 Å². The van der Waals surface area contributed by atoms with Crippen molar-refractivity contribution in [2.24, 2.45) is 0 Å². The summed E-state index contributed by atoms with van der Waals surface area (Å²) < 4.78 is 23.6. The molecule has 0 atom stereocenters. The van der Waals surface area contributed by atoms with Crippen LogP contribution in [0.2, 0.25) is 0 Å². The third-order valence-electron chi connectivity index (χ3n) is 5.44. The van der Waals surface area contributed by atoms with Crippen LogP contribution in [-0.4, -0.2) is 33.7 Å². The van der Waals surface area contributed by atoms with Crippen LogP contribution in [0.3, 0.4) is 0 Å². The Hall–Kier alpha value is -2.18. The number of hydrogen-bond acceptors (Lipinski definition) is 3. The van der Waals surface area contributed by atoms with Gasteiger partial charge in [-0.2, -0.15) is 0 Å². The van der Waals surface area contributed by atoms with E-state index in [9.17, 15) is 13.2 Å². The Labute approximate surface area is 167 Å². The monoisotopic (exact) mass is 401 g/mol. The maximum absolute atomic E-state index is 12.7. The highest BCUT2D eigenvalue weighted by atomic mass is 32.2. The summed E-state index contributed by atoms with van der Waals surface area (Å²) in [5, 5.41) is 2.97. The molecular weight excluding hydrogens is 372 g/mol. The zero-order valence-corrected chi connectivity index (χ0v) is 17.4. The molecule has 1 saturated heterocycles. The van der Waals surface area contributed by atoms with Crippen LogP contribution in [0.1, 0.15) is 46.3 Å². The molecule has 2 aromatic rings. The predicted octanol–water partition coefficient (Wildman–Crippen LogP) is 1.90. The van der Waals surface area contributed by atoms with Gasteiger partial charge in [0.05, 0.1) is 18.0 Å². The second-order valence-corrected chi connectivity index (χ2v) is 9.70. The summed E-state index contributed by atoms with van der Waals surface area (Å²) in [6, 6.07) is 12.9. The first-order valence-electron chi connectivity index (χ1n) is 9.84. The SMILES string of the molecule is Cc1ccc(S(C)(=O)=O)cc1C(=O)NCc1ccccc1C[NH+]1CCCCC1. The number of piperidine rings is 1. The molecule has 1 fully saturated rings. The van der Waals surface area contributed by atoms with Crippen LogP contribution in [0.4, 0.5) is 0 Å². The van der Waals surface area contributed by atoms with Gasteiger partial charge in [-0.05, 0) is 49.4 Å². The molecule has 0 aliphatic carbocycles. The predicted molar refractivity (Wildman–Crippen MR) is 110 cm³/mol. The van der Waals surface area contributed by atoms with Crippen molar-refractivity contribution in [2.45, 2.75) is 44.2 Å². The minimum Gasteiger partial charge on any atom is -0.348 e. The molecule has 3 rings (SSSR count). The third kappa shape index (κ3) is 5.20. The largest absolute Gasteiger partial charge is 0.348 e. The summed E-state index contributed by atoms with van der Waals surface area (Å²) in [7, 11) is -3.35. The van der Waals surface area contributed by atoms with E-state index in [1.54, 1.807) is 11.0 Å². The number of nitrogens with one attached hydrogen (secondary N) is 2. The second kappa shape index (κ2) is 8.88. The van der Waals surface area contributed by atoms with Gasteiger partial charge in [-0.1, -0.05) is 30.3 Å². The van der Waals surface area contributed by atoms with Gasteiger partial charge in [-0.15, -0.1) is 0 Å². The van der Waals surface area contributed by atoms with Crippen LogP contribution < -0.4 is 10.2 Å². The van der Waals surface area contributed by atoms with E-state index >= 15 is 0 Å². The lowest BCUT2D eigenvalue weighted by molar-refractivity contribution is -0.918. The Morgan fingerprint density at radius 3 is 2.39 bits per heavy atom. The molecule has 150 valence electrons. The molecule has 2 aromatic carbocycles. The number of carbonyl (C=O) groups is 1. The fraction of sp³-hybridized carbons (Fsp3) is 0.409. The van der Waals surface area contributed by atoms with Crippen LogP contribution in [0.15, 0.2) is 47.4 Å². The van der Waals surface area contributed by atoms with Gasteiger partial charge in [0.25, 0.3) is 5.91 Å². The van der Waals surface area contributed by atoms with Crippen LogP contribution in [0.5, 0.6) is 0 Å². The highest BCUT2D eigenvalue weighted by Crippen LogP contribution is 2.16. The molecule has 28 heavy (non-hydrogen) atoms. The maximum Gasteiger partial charge on any atom is 0.251 e. The van der Waals surface area contributed by atoms with Crippen LogP contribution >= 0.6 is 0 Å². The van der Waals surface area contributed by atoms with Crippen molar-refractivity contribution in [3.8, 4) is 0 Å². The highest BCUT2D eigenvalue weighted by molar-refractivity contribution is 7.90. The van der Waals surface area contributed by atoms with Crippen molar-refractivity contribution < 1.29 is 18.1 Å². The van der Waals surface area contributed by atoms with Gasteiger partial charge < -0.3 is 10.2 Å². The number of amides is 1. The Morgan fingerprint density at radius 1 is 1.04 bits per heavy atom. The van der Waals surface area contributed by atoms with Crippen molar-refractivity contribution >= 4 is 15.7 Å². The quantitative estimate of drug-likeness (QED) is 0.777. The Morgan fingerprint density at radius 2 is 1.71 bits per heavy atom. The highest BCUT2D eigenvalue weighted by Gasteiger charge is 2.17. The third-order valence-corrected chi connectivity index (χ3v) is 6.55. The fourth-order valence-electron chi connectivity index (χ4n) is 3.75. The lowest BCUT2D eigenvalue weighted by Crippen LogP contribution is -3.11. The molecule has 6 heteroatoms. The molecular formula is C22H29N2O3S+. The Kier molecular flexibility index (Phi) is 6.52. The molecule has 2 N–H and O–H groups in total. The van der Waals surface area contributed by atoms with E-state index in [1.165, 1.54) is 50.0 Å². The van der Waals surface area contributed by atoms with E-state index in [0.717, 1.165) is 23.9 Å². The van der Waals surface area contributed by atoms with E-state index in [2.05, 4.69) is 17.4 Å².